The molecule has 0 radical (unpaired) electrons. The van der Waals surface area contributed by atoms with Crippen LogP contribution in [0.15, 0.2) is 35.8 Å². The van der Waals surface area contributed by atoms with Crippen LogP contribution in [0.2, 0.25) is 0 Å². The summed E-state index contributed by atoms with van der Waals surface area (Å²) in [5, 5.41) is 5.58. The van der Waals surface area contributed by atoms with Crippen molar-refractivity contribution in [3.8, 4) is 5.75 Å². The van der Waals surface area contributed by atoms with Gasteiger partial charge in [-0.15, -0.1) is 11.3 Å². The van der Waals surface area contributed by atoms with E-state index in [-0.39, 0.29) is 12.1 Å². The van der Waals surface area contributed by atoms with Gasteiger partial charge in [-0.1, -0.05) is 13.0 Å². The second kappa shape index (κ2) is 6.57. The predicted octanol–water partition coefficient (Wildman–Crippen LogP) is 4.49. The number of hydrogen-bond donors (Lipinski definition) is 1. The van der Waals surface area contributed by atoms with Crippen molar-refractivity contribution in [2.24, 2.45) is 0 Å². The fourth-order valence-corrected chi connectivity index (χ4v) is 2.74. The highest BCUT2D eigenvalue weighted by Crippen LogP contribution is 2.30. The summed E-state index contributed by atoms with van der Waals surface area (Å²) in [7, 11) is 0. The zero-order chi connectivity index (χ0) is 13.7. The first-order valence-electron chi connectivity index (χ1n) is 6.62. The topological polar surface area (TPSA) is 34.2 Å². The monoisotopic (exact) mass is 276 g/mol. The molecule has 0 aliphatic rings. The van der Waals surface area contributed by atoms with Gasteiger partial charge >= 0.3 is 0 Å². The van der Waals surface area contributed by atoms with Gasteiger partial charge < -0.3 is 10.1 Å². The summed E-state index contributed by atoms with van der Waals surface area (Å²) in [4.78, 5) is 5.72. The summed E-state index contributed by atoms with van der Waals surface area (Å²) in [6.45, 7) is 6.21. The van der Waals surface area contributed by atoms with Crippen LogP contribution in [0.3, 0.4) is 0 Å². The molecule has 2 aromatic heterocycles. The Labute approximate surface area is 118 Å². The summed E-state index contributed by atoms with van der Waals surface area (Å²) in [5.74, 6) is 1.63. The molecule has 1 N–H and O–H groups in total. The van der Waals surface area contributed by atoms with Crippen LogP contribution in [-0.4, -0.2) is 11.1 Å². The zero-order valence-electron chi connectivity index (χ0n) is 11.6. The normalized spacial score (nSPS) is 12.4. The maximum absolute atomic E-state index is 5.79. The van der Waals surface area contributed by atoms with E-state index in [4.69, 9.17) is 4.74 Å². The van der Waals surface area contributed by atoms with Crippen molar-refractivity contribution in [2.75, 3.05) is 5.32 Å². The lowest BCUT2D eigenvalue weighted by molar-refractivity contribution is 0.242. The molecule has 0 aromatic carbocycles. The smallest absolute Gasteiger partial charge is 0.169 e. The molecule has 2 heterocycles. The molecule has 102 valence electrons. The predicted molar refractivity (Wildman–Crippen MR) is 81.0 cm³/mol. The summed E-state index contributed by atoms with van der Waals surface area (Å²) in [5.41, 5.74) is 0. The van der Waals surface area contributed by atoms with Crippen LogP contribution in [0.5, 0.6) is 5.75 Å². The number of aromatic nitrogens is 1. The Hall–Kier alpha value is -1.55. The molecule has 0 amide bonds. The fraction of sp³-hybridized carbons (Fsp3) is 0.400. The van der Waals surface area contributed by atoms with Crippen molar-refractivity contribution in [3.05, 3.63) is 40.7 Å². The van der Waals surface area contributed by atoms with Gasteiger partial charge in [0.15, 0.2) is 11.6 Å². The van der Waals surface area contributed by atoms with Crippen LogP contribution in [0.1, 0.15) is 38.1 Å². The van der Waals surface area contributed by atoms with Crippen molar-refractivity contribution in [1.82, 2.24) is 4.98 Å². The van der Waals surface area contributed by atoms with Crippen LogP contribution in [0, 0.1) is 0 Å². The van der Waals surface area contributed by atoms with Gasteiger partial charge in [0.1, 0.15) is 0 Å². The highest BCUT2D eigenvalue weighted by atomic mass is 32.1. The van der Waals surface area contributed by atoms with E-state index in [9.17, 15) is 0 Å². The SMILES string of the molecule is CCC(Nc1ncccc1OC(C)C)c1cccs1. The lowest BCUT2D eigenvalue weighted by atomic mass is 10.2. The Morgan fingerprint density at radius 1 is 1.32 bits per heavy atom. The molecule has 1 atom stereocenters. The average molecular weight is 276 g/mol. The third-order valence-corrected chi connectivity index (χ3v) is 3.73. The van der Waals surface area contributed by atoms with Crippen LogP contribution in [0.4, 0.5) is 5.82 Å². The number of nitrogens with one attached hydrogen (secondary N) is 1. The van der Waals surface area contributed by atoms with Gasteiger partial charge in [0, 0.05) is 11.1 Å². The standard InChI is InChI=1S/C15H20N2OS/c1-4-12(14-8-6-10-19-14)17-15-13(18-11(2)3)7-5-9-16-15/h5-12H,4H2,1-3H3,(H,16,17). The van der Waals surface area contributed by atoms with Crippen molar-refractivity contribution in [1.29, 1.82) is 0 Å². The van der Waals surface area contributed by atoms with Crippen molar-refractivity contribution in [2.45, 2.75) is 39.3 Å². The van der Waals surface area contributed by atoms with Crippen molar-refractivity contribution < 1.29 is 4.74 Å². The number of anilines is 1. The molecule has 0 saturated carbocycles. The Morgan fingerprint density at radius 3 is 2.79 bits per heavy atom. The lowest BCUT2D eigenvalue weighted by Gasteiger charge is -2.19. The summed E-state index contributed by atoms with van der Waals surface area (Å²) >= 11 is 1.76. The minimum absolute atomic E-state index is 0.145. The molecule has 0 saturated heterocycles. The van der Waals surface area contributed by atoms with Gasteiger partial charge in [0.25, 0.3) is 0 Å². The Morgan fingerprint density at radius 2 is 2.16 bits per heavy atom. The Balaban J connectivity index is 2.17. The first-order chi connectivity index (χ1) is 9.20. The quantitative estimate of drug-likeness (QED) is 0.844. The molecule has 0 bridgehead atoms. The summed E-state index contributed by atoms with van der Waals surface area (Å²) in [6.07, 6.45) is 2.95. The zero-order valence-corrected chi connectivity index (χ0v) is 12.4. The maximum atomic E-state index is 5.79. The van der Waals surface area contributed by atoms with Crippen LogP contribution < -0.4 is 10.1 Å². The van der Waals surface area contributed by atoms with Gasteiger partial charge in [-0.25, -0.2) is 4.98 Å². The molecule has 1 unspecified atom stereocenters. The van der Waals surface area contributed by atoms with E-state index in [0.717, 1.165) is 18.0 Å². The van der Waals surface area contributed by atoms with E-state index in [0.29, 0.717) is 0 Å². The summed E-state index contributed by atoms with van der Waals surface area (Å²) in [6, 6.07) is 8.36. The van der Waals surface area contributed by atoms with Crippen LogP contribution in [-0.2, 0) is 0 Å². The van der Waals surface area contributed by atoms with E-state index in [1.54, 1.807) is 17.5 Å². The van der Waals surface area contributed by atoms with Gasteiger partial charge in [-0.05, 0) is 43.8 Å². The van der Waals surface area contributed by atoms with E-state index in [2.05, 4.69) is 34.7 Å². The third kappa shape index (κ3) is 3.70. The Kier molecular flexibility index (Phi) is 4.80. The number of nitrogens with zero attached hydrogens (tertiary/aromatic N) is 1. The van der Waals surface area contributed by atoms with E-state index in [1.807, 2.05) is 26.0 Å². The fourth-order valence-electron chi connectivity index (χ4n) is 1.88. The van der Waals surface area contributed by atoms with E-state index in [1.165, 1.54) is 4.88 Å². The molecular formula is C15H20N2OS. The Bertz CT molecular complexity index is 497. The molecule has 19 heavy (non-hydrogen) atoms. The minimum Gasteiger partial charge on any atom is -0.487 e. The molecule has 0 spiro atoms. The molecule has 3 nitrogen and oxygen atoms in total. The lowest BCUT2D eigenvalue weighted by Crippen LogP contribution is -2.13. The van der Waals surface area contributed by atoms with Gasteiger partial charge in [-0.3, -0.25) is 0 Å². The highest BCUT2D eigenvalue weighted by molar-refractivity contribution is 7.10. The first-order valence-corrected chi connectivity index (χ1v) is 7.50. The number of ether oxygens (including phenoxy) is 1. The molecule has 0 aliphatic heterocycles. The summed E-state index contributed by atoms with van der Waals surface area (Å²) < 4.78 is 5.79. The number of hydrogen-bond acceptors (Lipinski definition) is 4. The molecule has 0 aliphatic carbocycles. The second-order valence-electron chi connectivity index (χ2n) is 4.64. The highest BCUT2D eigenvalue weighted by Gasteiger charge is 2.14. The third-order valence-electron chi connectivity index (χ3n) is 2.74. The van der Waals surface area contributed by atoms with Crippen LogP contribution in [0.25, 0.3) is 0 Å². The molecule has 4 heteroatoms. The molecule has 2 aromatic rings. The van der Waals surface area contributed by atoms with Crippen LogP contribution >= 0.6 is 11.3 Å². The molecule has 2 rings (SSSR count). The largest absolute Gasteiger partial charge is 0.487 e. The van der Waals surface area contributed by atoms with Crippen molar-refractivity contribution in [3.63, 3.8) is 0 Å². The number of pyridine rings is 1. The molecular weight excluding hydrogens is 256 g/mol. The van der Waals surface area contributed by atoms with E-state index < -0.39 is 0 Å². The van der Waals surface area contributed by atoms with Gasteiger partial charge in [0.05, 0.1) is 12.1 Å². The minimum atomic E-state index is 0.145. The van der Waals surface area contributed by atoms with Gasteiger partial charge in [0.2, 0.25) is 0 Å². The second-order valence-corrected chi connectivity index (χ2v) is 5.62. The number of rotatable bonds is 6. The molecule has 0 fully saturated rings. The van der Waals surface area contributed by atoms with E-state index >= 15 is 0 Å². The number of thiophene rings is 1. The van der Waals surface area contributed by atoms with Crippen molar-refractivity contribution >= 4 is 17.2 Å². The maximum Gasteiger partial charge on any atom is 0.169 e. The van der Waals surface area contributed by atoms with Gasteiger partial charge in [-0.2, -0.15) is 0 Å². The first kappa shape index (κ1) is 13.9. The average Bonchev–Trinajstić information content (AvgIpc) is 2.91.